The van der Waals surface area contributed by atoms with Gasteiger partial charge in [-0.15, -0.1) is 0 Å². The molecule has 2 aliphatic rings. The number of rotatable bonds is 3. The van der Waals surface area contributed by atoms with Crippen LogP contribution in [0.2, 0.25) is 0 Å². The number of carbonyl (C=O) groups is 2. The van der Waals surface area contributed by atoms with Gasteiger partial charge in [0.25, 0.3) is 0 Å². The second-order valence-electron chi connectivity index (χ2n) is 6.58. The van der Waals surface area contributed by atoms with Crippen molar-refractivity contribution in [3.63, 3.8) is 0 Å². The van der Waals surface area contributed by atoms with Gasteiger partial charge in [0.05, 0.1) is 0 Å². The molecule has 1 aromatic heterocycles. The molecule has 0 radical (unpaired) electrons. The highest BCUT2D eigenvalue weighted by Crippen LogP contribution is 2.64. The lowest BCUT2D eigenvalue weighted by Gasteiger charge is -2.32. The van der Waals surface area contributed by atoms with Crippen LogP contribution in [0.1, 0.15) is 38.7 Å². The standard InChI is InChI=1S/C16H19N3O3/c1-15(2)11-3-6-16(15,12(20)9-11)14(21)22-19-13(17)10-4-7-18-8-5-10/h4-5,7-8,11H,3,6,9H2,1-2H3,(H2,17,19)/t11-,16+/m1/s1. The number of amidine groups is 1. The van der Waals surface area contributed by atoms with Crippen LogP contribution in [0.15, 0.2) is 29.7 Å². The van der Waals surface area contributed by atoms with Crippen molar-refractivity contribution in [3.8, 4) is 0 Å². The lowest BCUT2D eigenvalue weighted by molar-refractivity contribution is -0.164. The summed E-state index contributed by atoms with van der Waals surface area (Å²) < 4.78 is 0. The highest BCUT2D eigenvalue weighted by Gasteiger charge is 2.69. The van der Waals surface area contributed by atoms with Crippen LogP contribution in [0, 0.1) is 16.7 Å². The summed E-state index contributed by atoms with van der Waals surface area (Å²) in [7, 11) is 0. The van der Waals surface area contributed by atoms with E-state index in [4.69, 9.17) is 10.6 Å². The van der Waals surface area contributed by atoms with Gasteiger partial charge in [-0.1, -0.05) is 19.0 Å². The number of oxime groups is 1. The van der Waals surface area contributed by atoms with Crippen molar-refractivity contribution in [2.75, 3.05) is 0 Å². The fraction of sp³-hybridized carbons (Fsp3) is 0.500. The van der Waals surface area contributed by atoms with E-state index in [0.717, 1.165) is 6.42 Å². The Labute approximate surface area is 128 Å². The van der Waals surface area contributed by atoms with Crippen LogP contribution >= 0.6 is 0 Å². The smallest absolute Gasteiger partial charge is 0.349 e. The van der Waals surface area contributed by atoms with Gasteiger partial charge in [-0.3, -0.25) is 9.78 Å². The van der Waals surface area contributed by atoms with E-state index in [2.05, 4.69) is 10.1 Å². The average molecular weight is 301 g/mol. The molecule has 0 aromatic carbocycles. The lowest BCUT2D eigenvalue weighted by Crippen LogP contribution is -2.44. The van der Waals surface area contributed by atoms with E-state index >= 15 is 0 Å². The van der Waals surface area contributed by atoms with Crippen molar-refractivity contribution < 1.29 is 14.4 Å². The van der Waals surface area contributed by atoms with Gasteiger partial charge < -0.3 is 10.6 Å². The molecule has 2 N–H and O–H groups in total. The summed E-state index contributed by atoms with van der Waals surface area (Å²) in [5, 5.41) is 3.72. The van der Waals surface area contributed by atoms with Gasteiger partial charge in [-0.25, -0.2) is 4.79 Å². The van der Waals surface area contributed by atoms with Crippen molar-refractivity contribution in [2.24, 2.45) is 27.6 Å². The maximum atomic E-state index is 12.6. The van der Waals surface area contributed by atoms with Crippen LogP contribution in [0.3, 0.4) is 0 Å². The Morgan fingerprint density at radius 3 is 2.64 bits per heavy atom. The van der Waals surface area contributed by atoms with Crippen LogP contribution in [-0.4, -0.2) is 22.6 Å². The first-order valence-electron chi connectivity index (χ1n) is 7.38. The number of ketones is 1. The normalized spacial score (nSPS) is 29.6. The number of carbonyl (C=O) groups excluding carboxylic acids is 2. The van der Waals surface area contributed by atoms with E-state index in [1.54, 1.807) is 24.5 Å². The van der Waals surface area contributed by atoms with Crippen molar-refractivity contribution in [3.05, 3.63) is 30.1 Å². The minimum atomic E-state index is -1.07. The molecule has 6 heteroatoms. The Hall–Kier alpha value is -2.24. The first kappa shape index (κ1) is 14.7. The fourth-order valence-electron chi connectivity index (χ4n) is 3.90. The van der Waals surface area contributed by atoms with Crippen molar-refractivity contribution in [1.29, 1.82) is 0 Å². The van der Waals surface area contributed by atoms with E-state index in [1.165, 1.54) is 0 Å². The molecule has 1 heterocycles. The second-order valence-corrected chi connectivity index (χ2v) is 6.58. The predicted molar refractivity (Wildman–Crippen MR) is 79.6 cm³/mol. The summed E-state index contributed by atoms with van der Waals surface area (Å²) in [4.78, 5) is 33.8. The number of hydrogen-bond acceptors (Lipinski definition) is 5. The molecular weight excluding hydrogens is 282 g/mol. The molecule has 2 fully saturated rings. The third-order valence-corrected chi connectivity index (χ3v) is 5.45. The average Bonchev–Trinajstić information content (AvgIpc) is 2.88. The Morgan fingerprint density at radius 2 is 2.09 bits per heavy atom. The number of Topliss-reactive ketones (excluding diaryl/α,β-unsaturated/α-hetero) is 1. The minimum Gasteiger partial charge on any atom is -0.380 e. The van der Waals surface area contributed by atoms with Crippen LogP contribution in [-0.2, 0) is 14.4 Å². The number of nitrogens with zero attached hydrogens (tertiary/aromatic N) is 2. The van der Waals surface area contributed by atoms with E-state index in [1.807, 2.05) is 13.8 Å². The van der Waals surface area contributed by atoms with Gasteiger partial charge in [-0.2, -0.15) is 0 Å². The van der Waals surface area contributed by atoms with Gasteiger partial charge in [0.15, 0.2) is 11.6 Å². The number of aromatic nitrogens is 1. The minimum absolute atomic E-state index is 0.0311. The zero-order chi connectivity index (χ0) is 16.0. The molecule has 1 aromatic rings. The highest BCUT2D eigenvalue weighted by molar-refractivity contribution is 6.07. The van der Waals surface area contributed by atoms with E-state index in [0.29, 0.717) is 18.4 Å². The molecule has 116 valence electrons. The van der Waals surface area contributed by atoms with Gasteiger partial charge in [0, 0.05) is 24.4 Å². The molecule has 0 aliphatic heterocycles. The van der Waals surface area contributed by atoms with Gasteiger partial charge >= 0.3 is 5.97 Å². The van der Waals surface area contributed by atoms with Crippen molar-refractivity contribution >= 4 is 17.6 Å². The molecule has 0 amide bonds. The summed E-state index contributed by atoms with van der Waals surface area (Å²) in [6.45, 7) is 3.93. The zero-order valence-corrected chi connectivity index (χ0v) is 12.7. The molecule has 0 spiro atoms. The van der Waals surface area contributed by atoms with E-state index in [9.17, 15) is 9.59 Å². The first-order chi connectivity index (χ1) is 10.4. The summed E-state index contributed by atoms with van der Waals surface area (Å²) >= 11 is 0. The molecule has 2 saturated carbocycles. The van der Waals surface area contributed by atoms with Crippen molar-refractivity contribution in [2.45, 2.75) is 33.1 Å². The number of fused-ring (bicyclic) bond motifs is 2. The summed E-state index contributed by atoms with van der Waals surface area (Å²) in [5.74, 6) is -0.282. The number of nitrogens with two attached hydrogens (primary N) is 1. The lowest BCUT2D eigenvalue weighted by atomic mass is 9.69. The van der Waals surface area contributed by atoms with Crippen LogP contribution in [0.5, 0.6) is 0 Å². The Kier molecular flexibility index (Phi) is 3.27. The molecule has 3 rings (SSSR count). The van der Waals surface area contributed by atoms with Gasteiger partial charge in [0.1, 0.15) is 5.41 Å². The molecule has 2 atom stereocenters. The van der Waals surface area contributed by atoms with E-state index < -0.39 is 11.4 Å². The zero-order valence-electron chi connectivity index (χ0n) is 12.7. The van der Waals surface area contributed by atoms with Crippen LogP contribution < -0.4 is 5.73 Å². The molecule has 0 saturated heterocycles. The highest BCUT2D eigenvalue weighted by atomic mass is 16.7. The maximum Gasteiger partial charge on any atom is 0.349 e. The second kappa shape index (κ2) is 4.90. The molecule has 0 unspecified atom stereocenters. The van der Waals surface area contributed by atoms with Crippen molar-refractivity contribution in [1.82, 2.24) is 4.98 Å². The Bertz CT molecular complexity index is 654. The molecule has 22 heavy (non-hydrogen) atoms. The summed E-state index contributed by atoms with van der Waals surface area (Å²) in [5.41, 5.74) is 4.96. The third kappa shape index (κ3) is 1.86. The summed E-state index contributed by atoms with van der Waals surface area (Å²) in [6, 6.07) is 3.34. The Balaban J connectivity index is 1.82. The number of hydrogen-bond donors (Lipinski definition) is 1. The largest absolute Gasteiger partial charge is 0.380 e. The van der Waals surface area contributed by atoms with E-state index in [-0.39, 0.29) is 23.0 Å². The van der Waals surface area contributed by atoms with Gasteiger partial charge in [-0.05, 0) is 36.3 Å². The monoisotopic (exact) mass is 301 g/mol. The van der Waals surface area contributed by atoms with Crippen LogP contribution in [0.4, 0.5) is 0 Å². The number of pyridine rings is 1. The van der Waals surface area contributed by atoms with Gasteiger partial charge in [0.2, 0.25) is 0 Å². The quantitative estimate of drug-likeness (QED) is 0.301. The summed E-state index contributed by atoms with van der Waals surface area (Å²) in [6.07, 6.45) is 5.00. The Morgan fingerprint density at radius 1 is 1.41 bits per heavy atom. The molecule has 2 aliphatic carbocycles. The first-order valence-corrected chi connectivity index (χ1v) is 7.38. The van der Waals surface area contributed by atoms with Crippen LogP contribution in [0.25, 0.3) is 0 Å². The third-order valence-electron chi connectivity index (χ3n) is 5.45. The molecular formula is C16H19N3O3. The molecule has 2 bridgehead atoms. The molecule has 6 nitrogen and oxygen atoms in total. The SMILES string of the molecule is CC1(C)[C@@H]2CC[C@@]1(C(=O)O/N=C(\N)c1ccncc1)C(=O)C2. The fourth-order valence-corrected chi connectivity index (χ4v) is 3.90. The topological polar surface area (TPSA) is 94.6 Å². The maximum absolute atomic E-state index is 12.6. The predicted octanol–water partition coefficient (Wildman–Crippen LogP) is 1.64.